The van der Waals surface area contributed by atoms with Crippen LogP contribution in [0.15, 0.2) is 42.5 Å². The van der Waals surface area contributed by atoms with Crippen LogP contribution in [-0.2, 0) is 17.8 Å². The zero-order chi connectivity index (χ0) is 25.7. The molecule has 1 aliphatic rings. The Labute approximate surface area is 208 Å². The van der Waals surface area contributed by atoms with E-state index in [0.29, 0.717) is 38.3 Å². The lowest BCUT2D eigenvalue weighted by atomic mass is 9.86. The highest BCUT2D eigenvalue weighted by Crippen LogP contribution is 2.43. The normalized spacial score (nSPS) is 18.5. The van der Waals surface area contributed by atoms with Crippen LogP contribution in [0.3, 0.4) is 0 Å². The summed E-state index contributed by atoms with van der Waals surface area (Å²) >= 11 is 0. The van der Waals surface area contributed by atoms with Crippen molar-refractivity contribution >= 4 is 10.9 Å². The van der Waals surface area contributed by atoms with Gasteiger partial charge in [-0.1, -0.05) is 24.3 Å². The number of methoxy groups -OCH3 is 1. The van der Waals surface area contributed by atoms with Gasteiger partial charge in [0.25, 0.3) is 0 Å². The van der Waals surface area contributed by atoms with E-state index < -0.39 is 18.8 Å². The Morgan fingerprint density at radius 1 is 1.14 bits per heavy atom. The zero-order valence-electron chi connectivity index (χ0n) is 20.6. The summed E-state index contributed by atoms with van der Waals surface area (Å²) in [6.45, 7) is 2.19. The number of nitrogens with zero attached hydrogens (tertiary/aromatic N) is 1. The van der Waals surface area contributed by atoms with E-state index in [-0.39, 0.29) is 19.3 Å². The lowest BCUT2D eigenvalue weighted by Gasteiger charge is -2.42. The van der Waals surface area contributed by atoms with Gasteiger partial charge < -0.3 is 19.8 Å². The minimum atomic E-state index is -4.35. The quantitative estimate of drug-likeness (QED) is 0.264. The molecule has 0 amide bonds. The highest BCUT2D eigenvalue weighted by atomic mass is 19.4. The van der Waals surface area contributed by atoms with Crippen molar-refractivity contribution in [2.45, 2.75) is 44.6 Å². The molecular formula is C27H33F4N3O2. The first-order valence-corrected chi connectivity index (χ1v) is 12.3. The average Bonchev–Trinajstić information content (AvgIpc) is 3.20. The second kappa shape index (κ2) is 11.6. The zero-order valence-corrected chi connectivity index (χ0v) is 20.6. The molecule has 1 aliphatic heterocycles. The molecule has 0 saturated heterocycles. The molecule has 196 valence electrons. The third kappa shape index (κ3) is 6.02. The molecule has 1 aromatic heterocycles. The Kier molecular flexibility index (Phi) is 8.54. The SMILES string of the molecule is COCc1ccc(OCCNCCCF)cc1C1c2[nH]c3ccccc3c2C[C@@H](C)N1CC(F)(F)F. The van der Waals surface area contributed by atoms with Gasteiger partial charge in [0.2, 0.25) is 0 Å². The Bertz CT molecular complexity index is 1150. The number of aromatic amines is 1. The summed E-state index contributed by atoms with van der Waals surface area (Å²) < 4.78 is 64.9. The monoisotopic (exact) mass is 507 g/mol. The van der Waals surface area contributed by atoms with Gasteiger partial charge in [0.05, 0.1) is 25.9 Å². The molecule has 5 nitrogen and oxygen atoms in total. The van der Waals surface area contributed by atoms with Gasteiger partial charge in [0.15, 0.2) is 0 Å². The number of aromatic nitrogens is 1. The van der Waals surface area contributed by atoms with Gasteiger partial charge >= 0.3 is 6.18 Å². The van der Waals surface area contributed by atoms with Crippen LogP contribution < -0.4 is 10.1 Å². The standard InChI is InChI=1S/C27H33F4N3O2/c1-18-14-23-21-6-3-4-7-24(21)33-25(23)26(34(18)17-27(29,30)31)22-15-20(9-8-19(22)16-35-2)36-13-12-32-11-5-10-28/h3-4,6-9,15,18,26,32-33H,5,10-14,16-17H2,1-2H3/t18-,26?/m1/s1. The number of fused-ring (bicyclic) bond motifs is 3. The highest BCUT2D eigenvalue weighted by molar-refractivity contribution is 5.85. The Hall–Kier alpha value is -2.62. The lowest BCUT2D eigenvalue weighted by Crippen LogP contribution is -2.47. The van der Waals surface area contributed by atoms with Crippen LogP contribution in [0.4, 0.5) is 17.6 Å². The molecule has 0 fully saturated rings. The van der Waals surface area contributed by atoms with Crippen molar-refractivity contribution in [1.29, 1.82) is 0 Å². The van der Waals surface area contributed by atoms with Crippen LogP contribution in [0.5, 0.6) is 5.75 Å². The third-order valence-corrected chi connectivity index (χ3v) is 6.63. The predicted octanol–water partition coefficient (Wildman–Crippen LogP) is 5.54. The van der Waals surface area contributed by atoms with E-state index in [1.54, 1.807) is 7.11 Å². The van der Waals surface area contributed by atoms with E-state index in [9.17, 15) is 17.6 Å². The maximum absolute atomic E-state index is 13.8. The molecule has 4 rings (SSSR count). The summed E-state index contributed by atoms with van der Waals surface area (Å²) in [5, 5.41) is 4.15. The van der Waals surface area contributed by atoms with Crippen LogP contribution in [0.2, 0.25) is 0 Å². The number of ether oxygens (including phenoxy) is 2. The van der Waals surface area contributed by atoms with Crippen molar-refractivity contribution in [3.63, 3.8) is 0 Å². The number of rotatable bonds is 11. The second-order valence-electron chi connectivity index (χ2n) is 9.24. The average molecular weight is 508 g/mol. The molecule has 1 unspecified atom stereocenters. The molecule has 0 bridgehead atoms. The van der Waals surface area contributed by atoms with E-state index in [2.05, 4.69) is 10.3 Å². The number of benzene rings is 2. The molecule has 36 heavy (non-hydrogen) atoms. The molecule has 3 aromatic rings. The lowest BCUT2D eigenvalue weighted by molar-refractivity contribution is -0.155. The van der Waals surface area contributed by atoms with E-state index in [1.807, 2.05) is 49.4 Å². The van der Waals surface area contributed by atoms with Crippen LogP contribution >= 0.6 is 0 Å². The maximum Gasteiger partial charge on any atom is 0.401 e. The molecule has 2 N–H and O–H groups in total. The number of nitrogens with one attached hydrogen (secondary N) is 2. The fourth-order valence-corrected chi connectivity index (χ4v) is 5.06. The largest absolute Gasteiger partial charge is 0.492 e. The summed E-state index contributed by atoms with van der Waals surface area (Å²) in [4.78, 5) is 4.95. The Morgan fingerprint density at radius 2 is 1.94 bits per heavy atom. The first kappa shape index (κ1) is 26.4. The van der Waals surface area contributed by atoms with Crippen molar-refractivity contribution < 1.29 is 27.0 Å². The fraction of sp³-hybridized carbons (Fsp3) is 0.481. The van der Waals surface area contributed by atoms with Crippen molar-refractivity contribution in [1.82, 2.24) is 15.2 Å². The minimum absolute atomic E-state index is 0.265. The Morgan fingerprint density at radius 3 is 2.69 bits per heavy atom. The summed E-state index contributed by atoms with van der Waals surface area (Å²) in [6, 6.07) is 12.4. The topological polar surface area (TPSA) is 49.5 Å². The van der Waals surface area contributed by atoms with Gasteiger partial charge in [0, 0.05) is 36.3 Å². The molecule has 0 radical (unpaired) electrons. The number of H-pyrrole nitrogens is 1. The predicted molar refractivity (Wildman–Crippen MR) is 132 cm³/mol. The summed E-state index contributed by atoms with van der Waals surface area (Å²) in [5.74, 6) is 0.569. The first-order valence-electron chi connectivity index (χ1n) is 12.3. The highest BCUT2D eigenvalue weighted by Gasteiger charge is 2.42. The summed E-state index contributed by atoms with van der Waals surface area (Å²) in [7, 11) is 1.57. The van der Waals surface area contributed by atoms with Gasteiger partial charge in [-0.05, 0) is 61.2 Å². The van der Waals surface area contributed by atoms with Crippen molar-refractivity contribution in [3.05, 3.63) is 64.8 Å². The van der Waals surface area contributed by atoms with Gasteiger partial charge in [-0.15, -0.1) is 0 Å². The van der Waals surface area contributed by atoms with Crippen LogP contribution in [-0.4, -0.2) is 62.1 Å². The van der Waals surface area contributed by atoms with Gasteiger partial charge in [-0.2, -0.15) is 13.2 Å². The summed E-state index contributed by atoms with van der Waals surface area (Å²) in [6.07, 6.45) is -3.39. The van der Waals surface area contributed by atoms with Crippen molar-refractivity contribution in [2.75, 3.05) is 40.0 Å². The van der Waals surface area contributed by atoms with Crippen LogP contribution in [0.25, 0.3) is 10.9 Å². The van der Waals surface area contributed by atoms with Gasteiger partial charge in [-0.25, -0.2) is 0 Å². The third-order valence-electron chi connectivity index (χ3n) is 6.63. The molecule has 2 aromatic carbocycles. The summed E-state index contributed by atoms with van der Waals surface area (Å²) in [5.41, 5.74) is 4.27. The molecule has 0 saturated carbocycles. The minimum Gasteiger partial charge on any atom is -0.492 e. The molecule has 0 spiro atoms. The Balaban J connectivity index is 1.74. The van der Waals surface area contributed by atoms with E-state index in [0.717, 1.165) is 33.3 Å². The first-order chi connectivity index (χ1) is 17.3. The molecule has 2 heterocycles. The van der Waals surface area contributed by atoms with E-state index >= 15 is 0 Å². The second-order valence-corrected chi connectivity index (χ2v) is 9.24. The van der Waals surface area contributed by atoms with E-state index in [4.69, 9.17) is 9.47 Å². The fourth-order valence-electron chi connectivity index (χ4n) is 5.06. The molecule has 9 heteroatoms. The van der Waals surface area contributed by atoms with Gasteiger partial charge in [0.1, 0.15) is 12.4 Å². The van der Waals surface area contributed by atoms with Crippen LogP contribution in [0.1, 0.15) is 41.8 Å². The van der Waals surface area contributed by atoms with Crippen LogP contribution in [0, 0.1) is 0 Å². The number of hydrogen-bond acceptors (Lipinski definition) is 4. The van der Waals surface area contributed by atoms with E-state index in [1.165, 1.54) is 4.90 Å². The maximum atomic E-state index is 13.8. The van der Waals surface area contributed by atoms with Gasteiger partial charge in [-0.3, -0.25) is 9.29 Å². The number of hydrogen-bond donors (Lipinski definition) is 2. The molecule has 0 aliphatic carbocycles. The number of para-hydroxylation sites is 1. The molecule has 2 atom stereocenters. The number of alkyl halides is 4. The molecular weight excluding hydrogens is 474 g/mol. The number of halogens is 4. The van der Waals surface area contributed by atoms with Crippen molar-refractivity contribution in [2.24, 2.45) is 0 Å². The smallest absolute Gasteiger partial charge is 0.401 e. The van der Waals surface area contributed by atoms with Crippen molar-refractivity contribution in [3.8, 4) is 5.75 Å².